The zero-order valence-corrected chi connectivity index (χ0v) is 16.7. The third-order valence-electron chi connectivity index (χ3n) is 5.31. The van der Waals surface area contributed by atoms with E-state index in [1.165, 1.54) is 32.1 Å². The summed E-state index contributed by atoms with van der Waals surface area (Å²) in [5.74, 6) is 1.60. The van der Waals surface area contributed by atoms with Gasteiger partial charge in [-0.05, 0) is 45.5 Å². The van der Waals surface area contributed by atoms with Gasteiger partial charge in [0.1, 0.15) is 5.82 Å². The summed E-state index contributed by atoms with van der Waals surface area (Å²) in [6, 6.07) is 0.441. The molecule has 0 saturated heterocycles. The lowest BCUT2D eigenvalue weighted by molar-refractivity contribution is 0.405. The molecule has 0 aromatic carbocycles. The third kappa shape index (κ3) is 4.50. The quantitative estimate of drug-likeness (QED) is 0.719. The van der Waals surface area contributed by atoms with Gasteiger partial charge in [-0.25, -0.2) is 4.98 Å². The van der Waals surface area contributed by atoms with Gasteiger partial charge in [0.2, 0.25) is 5.95 Å². The molecule has 3 rings (SSSR count). The second-order valence-electron chi connectivity index (χ2n) is 7.76. The van der Waals surface area contributed by atoms with Gasteiger partial charge in [0.05, 0.1) is 0 Å². The molecule has 1 fully saturated rings. The van der Waals surface area contributed by atoms with E-state index in [-0.39, 0.29) is 0 Å². The van der Waals surface area contributed by atoms with Crippen LogP contribution in [0.4, 0.5) is 11.8 Å². The van der Waals surface area contributed by atoms with Crippen molar-refractivity contribution in [3.8, 4) is 0 Å². The minimum atomic E-state index is 0.441. The summed E-state index contributed by atoms with van der Waals surface area (Å²) in [4.78, 5) is 13.8. The van der Waals surface area contributed by atoms with Gasteiger partial charge in [-0.15, -0.1) is 0 Å². The molecule has 1 aromatic rings. The number of allylic oxidation sites excluding steroid dienone is 1. The van der Waals surface area contributed by atoms with Crippen LogP contribution in [0, 0.1) is 0 Å². The fourth-order valence-corrected chi connectivity index (χ4v) is 3.80. The summed E-state index contributed by atoms with van der Waals surface area (Å²) < 4.78 is 0. The van der Waals surface area contributed by atoms with Crippen molar-refractivity contribution in [3.63, 3.8) is 0 Å². The normalized spacial score (nSPS) is 17.7. The monoisotopic (exact) mass is 368 g/mol. The van der Waals surface area contributed by atoms with Gasteiger partial charge in [-0.2, -0.15) is 4.98 Å². The minimum Gasteiger partial charge on any atom is -0.399 e. The Kier molecular flexibility index (Phi) is 6.16. The van der Waals surface area contributed by atoms with Crippen molar-refractivity contribution in [1.29, 1.82) is 0 Å². The molecule has 0 bridgehead atoms. The van der Waals surface area contributed by atoms with E-state index in [0.29, 0.717) is 17.7 Å². The third-order valence-corrected chi connectivity index (χ3v) is 5.31. The van der Waals surface area contributed by atoms with Crippen LogP contribution < -0.4 is 16.0 Å². The van der Waals surface area contributed by atoms with Crippen molar-refractivity contribution in [1.82, 2.24) is 14.9 Å². The molecule has 6 heteroatoms. The van der Waals surface area contributed by atoms with Crippen LogP contribution in [0.2, 0.25) is 0 Å². The first-order chi connectivity index (χ1) is 13.0. The van der Waals surface area contributed by atoms with Gasteiger partial charge in [0.25, 0.3) is 0 Å². The number of anilines is 2. The number of fused-ring (bicyclic) bond motifs is 1. The van der Waals surface area contributed by atoms with E-state index in [9.17, 15) is 0 Å². The largest absolute Gasteiger partial charge is 0.399 e. The van der Waals surface area contributed by atoms with Gasteiger partial charge in [-0.1, -0.05) is 32.4 Å². The summed E-state index contributed by atoms with van der Waals surface area (Å²) in [6.07, 6.45) is 11.2. The summed E-state index contributed by atoms with van der Waals surface area (Å²) in [5, 5.41) is 3.35. The molecule has 0 radical (unpaired) electrons. The fraction of sp³-hybridized carbons (Fsp3) is 0.524. The molecule has 2 heterocycles. The zero-order chi connectivity index (χ0) is 19.4. The van der Waals surface area contributed by atoms with E-state index in [2.05, 4.69) is 53.6 Å². The molecule has 3 N–H and O–H groups in total. The van der Waals surface area contributed by atoms with Crippen LogP contribution in [-0.4, -0.2) is 48.1 Å². The molecule has 0 amide bonds. The standard InChI is InChI=1S/C21H32N6/c1-15-18-13-24-21(23-11-8-12-26(3)4)25-20(18)27(14-19(15)16(2)22)17-9-6-5-7-10-17/h13-14,17H,1-2,5-12,22H2,3-4H3,(H,23,24,25). The number of nitrogens with two attached hydrogens (primary N) is 1. The Morgan fingerprint density at radius 1 is 1.33 bits per heavy atom. The van der Waals surface area contributed by atoms with Crippen LogP contribution >= 0.6 is 0 Å². The van der Waals surface area contributed by atoms with E-state index < -0.39 is 0 Å². The summed E-state index contributed by atoms with van der Waals surface area (Å²) in [5.41, 5.74) is 9.26. The number of hydrogen-bond donors (Lipinski definition) is 2. The van der Waals surface area contributed by atoms with E-state index in [0.717, 1.165) is 42.0 Å². The molecule has 0 unspecified atom stereocenters. The SMILES string of the molecule is C=C(N)C1=CN(C2CCCCC2)c2nc(NCCCN(C)C)ncc2C1=C. The predicted octanol–water partition coefficient (Wildman–Crippen LogP) is 3.36. The molecule has 0 atom stereocenters. The van der Waals surface area contributed by atoms with Crippen LogP contribution in [-0.2, 0) is 0 Å². The summed E-state index contributed by atoms with van der Waals surface area (Å²) >= 11 is 0. The molecule has 2 aliphatic rings. The number of rotatable bonds is 7. The van der Waals surface area contributed by atoms with Crippen LogP contribution in [0.3, 0.4) is 0 Å². The molecular weight excluding hydrogens is 336 g/mol. The highest BCUT2D eigenvalue weighted by atomic mass is 15.2. The van der Waals surface area contributed by atoms with Gasteiger partial charge in [-0.3, -0.25) is 0 Å². The Hall–Kier alpha value is -2.34. The summed E-state index contributed by atoms with van der Waals surface area (Å²) in [7, 11) is 4.16. The first-order valence-corrected chi connectivity index (χ1v) is 9.87. The maximum atomic E-state index is 6.03. The van der Waals surface area contributed by atoms with E-state index >= 15 is 0 Å². The van der Waals surface area contributed by atoms with Crippen LogP contribution in [0.15, 0.2) is 36.8 Å². The molecule has 146 valence electrons. The lowest BCUT2D eigenvalue weighted by Crippen LogP contribution is -2.36. The first kappa shape index (κ1) is 19.4. The van der Waals surface area contributed by atoms with Crippen molar-refractivity contribution in [2.45, 2.75) is 44.6 Å². The Morgan fingerprint density at radius 2 is 2.07 bits per heavy atom. The highest BCUT2D eigenvalue weighted by Gasteiger charge is 2.29. The second-order valence-corrected chi connectivity index (χ2v) is 7.76. The van der Waals surface area contributed by atoms with E-state index in [1.807, 2.05) is 6.20 Å². The number of nitrogens with one attached hydrogen (secondary N) is 1. The smallest absolute Gasteiger partial charge is 0.224 e. The molecule has 27 heavy (non-hydrogen) atoms. The average Bonchev–Trinajstić information content (AvgIpc) is 2.66. The van der Waals surface area contributed by atoms with Gasteiger partial charge in [0, 0.05) is 41.8 Å². The summed E-state index contributed by atoms with van der Waals surface area (Å²) in [6.45, 7) is 10.0. The number of hydrogen-bond acceptors (Lipinski definition) is 6. The first-order valence-electron chi connectivity index (χ1n) is 9.87. The topological polar surface area (TPSA) is 70.3 Å². The van der Waals surface area contributed by atoms with Crippen molar-refractivity contribution >= 4 is 17.3 Å². The van der Waals surface area contributed by atoms with Gasteiger partial charge in [0.15, 0.2) is 0 Å². The average molecular weight is 369 g/mol. The number of aromatic nitrogens is 2. The Bertz CT molecular complexity index is 730. The second kappa shape index (κ2) is 8.57. The predicted molar refractivity (Wildman–Crippen MR) is 113 cm³/mol. The van der Waals surface area contributed by atoms with E-state index in [4.69, 9.17) is 10.7 Å². The Balaban J connectivity index is 1.85. The highest BCUT2D eigenvalue weighted by Crippen LogP contribution is 2.39. The molecular formula is C21H32N6. The maximum Gasteiger partial charge on any atom is 0.224 e. The van der Waals surface area contributed by atoms with Crippen LogP contribution in [0.5, 0.6) is 0 Å². The molecule has 1 aliphatic heterocycles. The van der Waals surface area contributed by atoms with Crippen LogP contribution in [0.1, 0.15) is 44.1 Å². The van der Waals surface area contributed by atoms with E-state index in [1.54, 1.807) is 0 Å². The minimum absolute atomic E-state index is 0.441. The van der Waals surface area contributed by atoms with Crippen molar-refractivity contribution in [2.75, 3.05) is 37.4 Å². The highest BCUT2D eigenvalue weighted by molar-refractivity contribution is 5.90. The van der Waals surface area contributed by atoms with Crippen molar-refractivity contribution in [2.24, 2.45) is 5.73 Å². The fourth-order valence-electron chi connectivity index (χ4n) is 3.80. The molecule has 1 aliphatic carbocycles. The Morgan fingerprint density at radius 3 is 2.74 bits per heavy atom. The van der Waals surface area contributed by atoms with Crippen LogP contribution in [0.25, 0.3) is 5.57 Å². The van der Waals surface area contributed by atoms with Gasteiger partial charge < -0.3 is 20.9 Å². The maximum absolute atomic E-state index is 6.03. The number of nitrogens with zero attached hydrogens (tertiary/aromatic N) is 4. The molecule has 6 nitrogen and oxygen atoms in total. The molecule has 1 saturated carbocycles. The lowest BCUT2D eigenvalue weighted by atomic mass is 9.90. The molecule has 1 aromatic heterocycles. The zero-order valence-electron chi connectivity index (χ0n) is 16.7. The van der Waals surface area contributed by atoms with Crippen molar-refractivity contribution in [3.05, 3.63) is 42.4 Å². The Labute approximate surface area is 162 Å². The van der Waals surface area contributed by atoms with Gasteiger partial charge >= 0.3 is 0 Å². The molecule has 0 spiro atoms. The van der Waals surface area contributed by atoms with Crippen molar-refractivity contribution < 1.29 is 0 Å². The lowest BCUT2D eigenvalue weighted by Gasteiger charge is -2.37.